The normalized spacial score (nSPS) is 20.6. The number of alkyl halides is 2. The van der Waals surface area contributed by atoms with Crippen LogP contribution in [0.3, 0.4) is 0 Å². The molecule has 2 fully saturated rings. The van der Waals surface area contributed by atoms with Gasteiger partial charge in [0.1, 0.15) is 11.5 Å². The Bertz CT molecular complexity index is 1060. The number of aromatic hydroxyl groups is 2. The van der Waals surface area contributed by atoms with Gasteiger partial charge in [-0.3, -0.25) is 9.80 Å². The summed E-state index contributed by atoms with van der Waals surface area (Å²) in [5, 5.41) is 32.7. The number of likely N-dealkylation sites (tertiary alicyclic amines) is 2. The average Bonchev–Trinajstić information content (AvgIpc) is 3.53. The molecule has 40 heavy (non-hydrogen) atoms. The third-order valence-corrected chi connectivity index (χ3v) is 9.61. The summed E-state index contributed by atoms with van der Waals surface area (Å²) in [5.41, 5.74) is 5.87. The van der Waals surface area contributed by atoms with Gasteiger partial charge in [-0.15, -0.1) is 0 Å². The van der Waals surface area contributed by atoms with E-state index in [1.807, 2.05) is 32.9 Å². The first-order valence-electron chi connectivity index (χ1n) is 14.6. The molecular weight excluding hydrogens is 632 g/mol. The zero-order chi connectivity index (χ0) is 29.8. The van der Waals surface area contributed by atoms with Gasteiger partial charge < -0.3 is 15.3 Å². The first-order chi connectivity index (χ1) is 18.6. The van der Waals surface area contributed by atoms with Crippen molar-refractivity contribution in [1.82, 2.24) is 9.80 Å². The van der Waals surface area contributed by atoms with Crippen LogP contribution in [0, 0.1) is 19.3 Å². The number of phenolic OH excluding ortho intramolecular Hbond substituents is 2. The van der Waals surface area contributed by atoms with E-state index >= 15 is 0 Å². The minimum atomic E-state index is -0.714. The molecule has 0 amide bonds. The molecule has 0 aliphatic carbocycles. The van der Waals surface area contributed by atoms with Crippen molar-refractivity contribution in [3.05, 3.63) is 57.6 Å². The predicted octanol–water partition coefficient (Wildman–Crippen LogP) is 7.94. The number of benzene rings is 2. The molecular formula is C33H50Br2N2O3. The summed E-state index contributed by atoms with van der Waals surface area (Å²) in [7, 11) is 0. The molecule has 0 saturated carbocycles. The summed E-state index contributed by atoms with van der Waals surface area (Å²) < 4.78 is 0. The number of halogens is 2. The van der Waals surface area contributed by atoms with E-state index in [1.54, 1.807) is 0 Å². The van der Waals surface area contributed by atoms with Crippen LogP contribution in [0.25, 0.3) is 0 Å². The van der Waals surface area contributed by atoms with Gasteiger partial charge >= 0.3 is 0 Å². The zero-order valence-corrected chi connectivity index (χ0v) is 28.7. The monoisotopic (exact) mass is 680 g/mol. The third-order valence-electron chi connectivity index (χ3n) is 8.40. The fraction of sp³-hybridized carbons (Fsp3) is 0.636. The minimum Gasteiger partial charge on any atom is -0.507 e. The molecule has 2 aliphatic rings. The van der Waals surface area contributed by atoms with Gasteiger partial charge in [-0.1, -0.05) is 88.0 Å². The average molecular weight is 683 g/mol. The summed E-state index contributed by atoms with van der Waals surface area (Å²) in [6.07, 6.45) is 4.60. The van der Waals surface area contributed by atoms with Crippen LogP contribution >= 0.6 is 31.9 Å². The van der Waals surface area contributed by atoms with Gasteiger partial charge in [0.25, 0.3) is 0 Å². The molecule has 5 nitrogen and oxygen atoms in total. The molecule has 0 radical (unpaired) electrons. The van der Waals surface area contributed by atoms with Crippen LogP contribution in [0.5, 0.6) is 11.5 Å². The molecule has 2 atom stereocenters. The number of aliphatic hydroxyl groups is 1. The van der Waals surface area contributed by atoms with E-state index in [4.69, 9.17) is 0 Å². The van der Waals surface area contributed by atoms with Crippen LogP contribution in [0.1, 0.15) is 93.7 Å². The van der Waals surface area contributed by atoms with Crippen molar-refractivity contribution in [3.8, 4) is 11.5 Å². The molecule has 0 bridgehead atoms. The van der Waals surface area contributed by atoms with Gasteiger partial charge in [-0.25, -0.2) is 0 Å². The summed E-state index contributed by atoms with van der Waals surface area (Å²) >= 11 is 6.66. The largest absolute Gasteiger partial charge is 0.507 e. The van der Waals surface area contributed by atoms with E-state index in [0.29, 0.717) is 34.7 Å². The molecule has 2 unspecified atom stereocenters. The lowest BCUT2D eigenvalue weighted by atomic mass is 9.85. The van der Waals surface area contributed by atoms with Gasteiger partial charge in [0.2, 0.25) is 0 Å². The molecule has 2 aromatic rings. The van der Waals surface area contributed by atoms with Gasteiger partial charge in [-0.05, 0) is 71.9 Å². The lowest BCUT2D eigenvalue weighted by molar-refractivity contribution is -0.00523. The standard InChI is InChI=1S/C24H40N2O2.C9H10Br2O/c1-17-13-18(15-25-11-7-9-20(25)23(2,3)4)22(27)19(14-17)16-26-12-8-10-21(26)24(5,6)28;1-6-2-7(4-10)9(12)8(3-6)5-11/h13-14,20-21,27-28H,7-12,15-16H2,1-6H3;2-3,12H,4-5H2,1H3. The topological polar surface area (TPSA) is 67.2 Å². The Kier molecular flexibility index (Phi) is 11.6. The maximum atomic E-state index is 11.1. The Morgan fingerprint density at radius 2 is 1.07 bits per heavy atom. The Morgan fingerprint density at radius 3 is 1.48 bits per heavy atom. The van der Waals surface area contributed by atoms with E-state index in [9.17, 15) is 15.3 Å². The molecule has 224 valence electrons. The van der Waals surface area contributed by atoms with Crippen LogP contribution in [-0.4, -0.2) is 55.9 Å². The van der Waals surface area contributed by atoms with Crippen molar-refractivity contribution >= 4 is 31.9 Å². The Morgan fingerprint density at radius 1 is 0.700 bits per heavy atom. The summed E-state index contributed by atoms with van der Waals surface area (Å²) in [6, 6.07) is 8.94. The SMILES string of the molecule is Cc1cc(CBr)c(O)c(CBr)c1.Cc1cc(CN2CCCC2C(C)(C)C)c(O)c(CN2CCCC2C(C)(C)O)c1. The highest BCUT2D eigenvalue weighted by Crippen LogP contribution is 2.37. The second kappa shape index (κ2) is 13.9. The van der Waals surface area contributed by atoms with E-state index in [1.165, 1.54) is 24.0 Å². The lowest BCUT2D eigenvalue weighted by Crippen LogP contribution is -2.45. The van der Waals surface area contributed by atoms with E-state index in [-0.39, 0.29) is 11.5 Å². The number of nitrogens with zero attached hydrogens (tertiary/aromatic N) is 2. The van der Waals surface area contributed by atoms with Gasteiger partial charge in [0.15, 0.2) is 0 Å². The number of hydrogen-bond donors (Lipinski definition) is 3. The highest BCUT2D eigenvalue weighted by Gasteiger charge is 2.37. The van der Waals surface area contributed by atoms with Gasteiger partial charge in [0.05, 0.1) is 5.60 Å². The van der Waals surface area contributed by atoms with E-state index in [0.717, 1.165) is 54.7 Å². The number of phenols is 2. The highest BCUT2D eigenvalue weighted by molar-refractivity contribution is 9.08. The summed E-state index contributed by atoms with van der Waals surface area (Å²) in [6.45, 7) is 18.5. The van der Waals surface area contributed by atoms with E-state index < -0.39 is 5.60 Å². The van der Waals surface area contributed by atoms with Crippen LogP contribution in [0.15, 0.2) is 24.3 Å². The number of aryl methyl sites for hydroxylation is 2. The van der Waals surface area contributed by atoms with Gasteiger partial charge in [-0.2, -0.15) is 0 Å². The molecule has 2 aliphatic heterocycles. The summed E-state index contributed by atoms with van der Waals surface area (Å²) in [5.74, 6) is 0.848. The molecule has 3 N–H and O–H groups in total. The highest BCUT2D eigenvalue weighted by atomic mass is 79.9. The molecule has 2 saturated heterocycles. The first-order valence-corrected chi connectivity index (χ1v) is 16.8. The van der Waals surface area contributed by atoms with Crippen molar-refractivity contribution in [2.45, 2.75) is 116 Å². The van der Waals surface area contributed by atoms with Crippen molar-refractivity contribution < 1.29 is 15.3 Å². The van der Waals surface area contributed by atoms with Crippen LogP contribution in [0.4, 0.5) is 0 Å². The van der Waals surface area contributed by atoms with Gasteiger partial charge in [0, 0.05) is 58.1 Å². The fourth-order valence-corrected chi connectivity index (χ4v) is 7.42. The van der Waals surface area contributed by atoms with Crippen LogP contribution in [0.2, 0.25) is 0 Å². The number of hydrogen-bond acceptors (Lipinski definition) is 5. The fourth-order valence-electron chi connectivity index (χ4n) is 6.56. The maximum Gasteiger partial charge on any atom is 0.124 e. The Hall–Kier alpha value is -1.12. The zero-order valence-electron chi connectivity index (χ0n) is 25.5. The predicted molar refractivity (Wildman–Crippen MR) is 174 cm³/mol. The van der Waals surface area contributed by atoms with Crippen LogP contribution in [-0.2, 0) is 23.7 Å². The maximum absolute atomic E-state index is 11.1. The van der Waals surface area contributed by atoms with Crippen molar-refractivity contribution in [1.29, 1.82) is 0 Å². The molecule has 2 heterocycles. The smallest absolute Gasteiger partial charge is 0.124 e. The summed E-state index contributed by atoms with van der Waals surface area (Å²) in [4.78, 5) is 4.89. The van der Waals surface area contributed by atoms with Crippen molar-refractivity contribution in [2.75, 3.05) is 13.1 Å². The molecule has 2 aromatic carbocycles. The van der Waals surface area contributed by atoms with E-state index in [2.05, 4.69) is 81.5 Å². The third kappa shape index (κ3) is 8.47. The molecule has 0 spiro atoms. The Labute approximate surface area is 259 Å². The molecule has 7 heteroatoms. The van der Waals surface area contributed by atoms with Crippen LogP contribution < -0.4 is 0 Å². The second-order valence-corrected chi connectivity index (χ2v) is 14.5. The van der Waals surface area contributed by atoms with Crippen molar-refractivity contribution in [3.63, 3.8) is 0 Å². The molecule has 4 rings (SSSR count). The molecule has 0 aromatic heterocycles. The minimum absolute atomic E-state index is 0.153. The van der Waals surface area contributed by atoms with Crippen molar-refractivity contribution in [2.24, 2.45) is 5.41 Å². The number of rotatable bonds is 7. The quantitative estimate of drug-likeness (QED) is 0.259. The second-order valence-electron chi connectivity index (χ2n) is 13.4. The lowest BCUT2D eigenvalue weighted by Gasteiger charge is -2.36. The first kappa shape index (κ1) is 33.4. The Balaban J connectivity index is 0.000000307.